The zero-order valence-electron chi connectivity index (χ0n) is 10.9. The Morgan fingerprint density at radius 2 is 1.84 bits per heavy atom. The van der Waals surface area contributed by atoms with Crippen LogP contribution in [0.25, 0.3) is 0 Å². The van der Waals surface area contributed by atoms with Crippen LogP contribution < -0.4 is 0 Å². The smallest absolute Gasteiger partial charge is 0.322 e. The summed E-state index contributed by atoms with van der Waals surface area (Å²) < 4.78 is 25.6. The van der Waals surface area contributed by atoms with E-state index in [-0.39, 0.29) is 24.6 Å². The lowest BCUT2D eigenvalue weighted by molar-refractivity contribution is -0.140. The second-order valence-electron chi connectivity index (χ2n) is 5.60. The molecular weight excluding hydrogens is 270 g/mol. The third-order valence-corrected chi connectivity index (χ3v) is 6.06. The summed E-state index contributed by atoms with van der Waals surface area (Å²) in [6.45, 7) is -0.0913. The topological polar surface area (TPSA) is 94.9 Å². The first-order valence-electron chi connectivity index (χ1n) is 6.80. The molecule has 6 nitrogen and oxygen atoms in total. The van der Waals surface area contributed by atoms with Crippen molar-refractivity contribution in [2.24, 2.45) is 5.92 Å². The molecule has 2 N–H and O–H groups in total. The molecule has 2 rings (SSSR count). The average Bonchev–Trinajstić information content (AvgIpc) is 2.73. The van der Waals surface area contributed by atoms with Crippen LogP contribution in [0.3, 0.4) is 0 Å². The minimum absolute atomic E-state index is 0.0147. The van der Waals surface area contributed by atoms with Crippen molar-refractivity contribution in [3.05, 3.63) is 0 Å². The van der Waals surface area contributed by atoms with Gasteiger partial charge in [-0.2, -0.15) is 4.31 Å². The fourth-order valence-corrected chi connectivity index (χ4v) is 5.15. The Balaban J connectivity index is 2.07. The summed E-state index contributed by atoms with van der Waals surface area (Å²) in [5, 5.41) is 18.6. The van der Waals surface area contributed by atoms with Gasteiger partial charge in [-0.3, -0.25) is 4.79 Å². The van der Waals surface area contributed by atoms with E-state index in [9.17, 15) is 18.3 Å². The van der Waals surface area contributed by atoms with Crippen molar-refractivity contribution in [3.63, 3.8) is 0 Å². The van der Waals surface area contributed by atoms with Gasteiger partial charge >= 0.3 is 5.97 Å². The first-order valence-corrected chi connectivity index (χ1v) is 8.41. The highest BCUT2D eigenvalue weighted by Crippen LogP contribution is 2.28. The van der Waals surface area contributed by atoms with E-state index in [1.165, 1.54) is 0 Å². The molecule has 0 aromatic heterocycles. The molecule has 1 saturated heterocycles. The SMILES string of the molecule is O=C(O)[C@@H]1C[C@@H](O)CN1S(=O)(=O)CC1CCCCC1. The van der Waals surface area contributed by atoms with Crippen LogP contribution in [0.15, 0.2) is 0 Å². The molecule has 2 fully saturated rings. The summed E-state index contributed by atoms with van der Waals surface area (Å²) in [6.07, 6.45) is 4.15. The summed E-state index contributed by atoms with van der Waals surface area (Å²) in [4.78, 5) is 11.1. The van der Waals surface area contributed by atoms with E-state index in [1.54, 1.807) is 0 Å². The summed E-state index contributed by atoms with van der Waals surface area (Å²) in [5.74, 6) is -1.03. The Labute approximate surface area is 113 Å². The van der Waals surface area contributed by atoms with E-state index in [0.717, 1.165) is 36.4 Å². The molecule has 7 heteroatoms. The highest BCUT2D eigenvalue weighted by Gasteiger charge is 2.43. The van der Waals surface area contributed by atoms with Gasteiger partial charge < -0.3 is 10.2 Å². The van der Waals surface area contributed by atoms with E-state index in [4.69, 9.17) is 5.11 Å². The van der Waals surface area contributed by atoms with Gasteiger partial charge in [0.05, 0.1) is 11.9 Å². The van der Waals surface area contributed by atoms with Crippen LogP contribution in [0.4, 0.5) is 0 Å². The van der Waals surface area contributed by atoms with E-state index < -0.39 is 28.1 Å². The molecule has 0 aromatic carbocycles. The van der Waals surface area contributed by atoms with E-state index >= 15 is 0 Å². The zero-order chi connectivity index (χ0) is 14.0. The number of aliphatic carboxylic acids is 1. The number of aliphatic hydroxyl groups is 1. The van der Waals surface area contributed by atoms with Crippen molar-refractivity contribution in [2.45, 2.75) is 50.7 Å². The van der Waals surface area contributed by atoms with Crippen LogP contribution in [-0.2, 0) is 14.8 Å². The Kier molecular flexibility index (Phi) is 4.47. The lowest BCUT2D eigenvalue weighted by atomic mass is 9.91. The van der Waals surface area contributed by atoms with Gasteiger partial charge in [0.15, 0.2) is 0 Å². The molecule has 110 valence electrons. The Morgan fingerprint density at radius 3 is 2.42 bits per heavy atom. The molecule has 1 saturated carbocycles. The van der Waals surface area contributed by atoms with Gasteiger partial charge in [-0.25, -0.2) is 8.42 Å². The Bertz CT molecular complexity index is 429. The molecule has 0 bridgehead atoms. The number of carboxylic acids is 1. The number of carbonyl (C=O) groups is 1. The molecule has 0 unspecified atom stereocenters. The quantitative estimate of drug-likeness (QED) is 0.782. The molecule has 2 atom stereocenters. The predicted octanol–water partition coefficient (Wildman–Crippen LogP) is 0.416. The molecule has 0 radical (unpaired) electrons. The molecular formula is C12H21NO5S. The highest BCUT2D eigenvalue weighted by molar-refractivity contribution is 7.89. The average molecular weight is 291 g/mol. The maximum absolute atomic E-state index is 12.3. The molecule has 0 amide bonds. The minimum Gasteiger partial charge on any atom is -0.480 e. The monoisotopic (exact) mass is 291 g/mol. The Hall–Kier alpha value is -0.660. The molecule has 2 aliphatic rings. The standard InChI is InChI=1S/C12H21NO5S/c14-10-6-11(12(15)16)13(7-10)19(17,18)8-9-4-2-1-3-5-9/h9-11,14H,1-8H2,(H,15,16)/t10-,11+/m1/s1. The van der Waals surface area contributed by atoms with Crippen LogP contribution in [0.2, 0.25) is 0 Å². The first kappa shape index (κ1) is 14.7. The summed E-state index contributed by atoms with van der Waals surface area (Å²) in [7, 11) is -3.59. The number of aliphatic hydroxyl groups excluding tert-OH is 1. The molecule has 0 aromatic rings. The van der Waals surface area contributed by atoms with E-state index in [2.05, 4.69) is 0 Å². The summed E-state index contributed by atoms with van der Waals surface area (Å²) in [5.41, 5.74) is 0. The van der Waals surface area contributed by atoms with Crippen molar-refractivity contribution in [2.75, 3.05) is 12.3 Å². The maximum atomic E-state index is 12.3. The second kappa shape index (κ2) is 5.76. The highest BCUT2D eigenvalue weighted by atomic mass is 32.2. The molecule has 1 aliphatic carbocycles. The fourth-order valence-electron chi connectivity index (χ4n) is 3.06. The fraction of sp³-hybridized carbons (Fsp3) is 0.917. The van der Waals surface area contributed by atoms with Crippen LogP contribution in [0, 0.1) is 5.92 Å². The molecule has 1 aliphatic heterocycles. The van der Waals surface area contributed by atoms with Crippen LogP contribution in [-0.4, -0.2) is 53.3 Å². The molecule has 0 spiro atoms. The second-order valence-corrected chi connectivity index (χ2v) is 7.56. The predicted molar refractivity (Wildman–Crippen MR) is 69.1 cm³/mol. The van der Waals surface area contributed by atoms with Crippen molar-refractivity contribution in [3.8, 4) is 0 Å². The number of hydrogen-bond acceptors (Lipinski definition) is 4. The first-order chi connectivity index (χ1) is 8.90. The van der Waals surface area contributed by atoms with Gasteiger partial charge in [0.2, 0.25) is 10.0 Å². The molecule has 1 heterocycles. The maximum Gasteiger partial charge on any atom is 0.322 e. The van der Waals surface area contributed by atoms with Crippen molar-refractivity contribution in [1.82, 2.24) is 4.31 Å². The number of rotatable bonds is 4. The third-order valence-electron chi connectivity index (χ3n) is 4.05. The summed E-state index contributed by atoms with van der Waals surface area (Å²) >= 11 is 0. The van der Waals surface area contributed by atoms with Gasteiger partial charge in [0.1, 0.15) is 6.04 Å². The van der Waals surface area contributed by atoms with Crippen molar-refractivity contribution < 1.29 is 23.4 Å². The zero-order valence-corrected chi connectivity index (χ0v) is 11.7. The van der Waals surface area contributed by atoms with Gasteiger partial charge in [-0.05, 0) is 18.8 Å². The Morgan fingerprint density at radius 1 is 1.21 bits per heavy atom. The minimum atomic E-state index is -3.59. The van der Waals surface area contributed by atoms with Crippen LogP contribution in [0.5, 0.6) is 0 Å². The van der Waals surface area contributed by atoms with Crippen LogP contribution >= 0.6 is 0 Å². The van der Waals surface area contributed by atoms with E-state index in [0.29, 0.717) is 0 Å². The lowest BCUT2D eigenvalue weighted by Gasteiger charge is -2.26. The molecule has 19 heavy (non-hydrogen) atoms. The largest absolute Gasteiger partial charge is 0.480 e. The van der Waals surface area contributed by atoms with Gasteiger partial charge in [0.25, 0.3) is 0 Å². The number of carboxylic acid groups (broad SMARTS) is 1. The number of sulfonamides is 1. The van der Waals surface area contributed by atoms with Crippen molar-refractivity contribution >= 4 is 16.0 Å². The number of β-amino-alcohol motifs (C(OH)–C–C–N with tert-alkyl or cyclic N) is 1. The van der Waals surface area contributed by atoms with Gasteiger partial charge in [0, 0.05) is 13.0 Å². The number of hydrogen-bond donors (Lipinski definition) is 2. The van der Waals surface area contributed by atoms with Crippen molar-refractivity contribution in [1.29, 1.82) is 0 Å². The van der Waals surface area contributed by atoms with Gasteiger partial charge in [-0.15, -0.1) is 0 Å². The van der Waals surface area contributed by atoms with E-state index in [1.807, 2.05) is 0 Å². The lowest BCUT2D eigenvalue weighted by Crippen LogP contribution is -2.43. The van der Waals surface area contributed by atoms with Gasteiger partial charge in [-0.1, -0.05) is 19.3 Å². The normalized spacial score (nSPS) is 30.6. The van der Waals surface area contributed by atoms with Crippen LogP contribution in [0.1, 0.15) is 38.5 Å². The number of nitrogens with zero attached hydrogens (tertiary/aromatic N) is 1. The third kappa shape index (κ3) is 3.46. The summed E-state index contributed by atoms with van der Waals surface area (Å²) in [6, 6.07) is -1.11.